The van der Waals surface area contributed by atoms with Crippen LogP contribution in [0.2, 0.25) is 5.02 Å². The molecular weight excluding hydrogens is 386 g/mol. The zero-order chi connectivity index (χ0) is 20.4. The number of benzene rings is 3. The van der Waals surface area contributed by atoms with Crippen molar-refractivity contribution in [3.63, 3.8) is 0 Å². The molecule has 1 saturated heterocycles. The molecule has 3 aromatic carbocycles. The van der Waals surface area contributed by atoms with Crippen LogP contribution in [0.5, 0.6) is 0 Å². The molecule has 1 heterocycles. The van der Waals surface area contributed by atoms with E-state index in [9.17, 15) is 9.59 Å². The van der Waals surface area contributed by atoms with Crippen LogP contribution in [0.3, 0.4) is 0 Å². The maximum atomic E-state index is 12.7. The molecule has 1 aliphatic heterocycles. The molecule has 0 radical (unpaired) electrons. The quantitative estimate of drug-likeness (QED) is 0.348. The summed E-state index contributed by atoms with van der Waals surface area (Å²) >= 11 is 5.87. The van der Waals surface area contributed by atoms with Gasteiger partial charge >= 0.3 is 5.97 Å². The second-order valence-corrected chi connectivity index (χ2v) is 7.03. The fraction of sp³-hybridized carbons (Fsp3) is 0.0417. The van der Waals surface area contributed by atoms with Crippen molar-refractivity contribution in [3.8, 4) is 17.2 Å². The molecule has 0 bridgehead atoms. The van der Waals surface area contributed by atoms with Crippen LogP contribution < -0.4 is 0 Å². The van der Waals surface area contributed by atoms with Crippen molar-refractivity contribution < 1.29 is 14.3 Å². The van der Waals surface area contributed by atoms with Crippen LogP contribution in [-0.2, 0) is 14.3 Å². The normalized spacial score (nSPS) is 17.2. The van der Waals surface area contributed by atoms with Crippen LogP contribution in [0.25, 0.3) is 17.2 Å². The van der Waals surface area contributed by atoms with Gasteiger partial charge in [0.1, 0.15) is 5.92 Å². The Hall–Kier alpha value is -3.68. The molecule has 5 heteroatoms. The van der Waals surface area contributed by atoms with E-state index in [4.69, 9.17) is 21.6 Å². The number of nitrogens with zero attached hydrogens (tertiary/aromatic N) is 1. The lowest BCUT2D eigenvalue weighted by Gasteiger charge is -2.03. The molecule has 1 fully saturated rings. The minimum Gasteiger partial charge on any atom is -0.422 e. The summed E-state index contributed by atoms with van der Waals surface area (Å²) in [5, 5.41) is 9.42. The molecule has 0 saturated carbocycles. The first-order valence-electron chi connectivity index (χ1n) is 8.89. The molecule has 0 spiro atoms. The Balaban J connectivity index is 1.56. The fourth-order valence-electron chi connectivity index (χ4n) is 3.17. The van der Waals surface area contributed by atoms with E-state index in [1.165, 1.54) is 0 Å². The van der Waals surface area contributed by atoms with Crippen molar-refractivity contribution >= 4 is 29.4 Å². The summed E-state index contributed by atoms with van der Waals surface area (Å²) in [6.45, 7) is 0. The molecule has 0 aromatic heterocycles. The molecular formula is C24H14ClNO3. The number of halogens is 1. The van der Waals surface area contributed by atoms with Crippen LogP contribution in [0, 0.1) is 11.3 Å². The van der Waals surface area contributed by atoms with E-state index in [1.54, 1.807) is 42.5 Å². The number of ether oxygens (including phenoxy) is 1. The van der Waals surface area contributed by atoms with Gasteiger partial charge in [-0.2, -0.15) is 5.26 Å². The summed E-state index contributed by atoms with van der Waals surface area (Å²) in [5.74, 6) is -1.89. The Labute approximate surface area is 172 Å². The second kappa shape index (κ2) is 7.75. The van der Waals surface area contributed by atoms with E-state index in [1.807, 2.05) is 36.4 Å². The van der Waals surface area contributed by atoms with E-state index in [2.05, 4.69) is 6.07 Å². The first-order valence-corrected chi connectivity index (χ1v) is 9.26. The van der Waals surface area contributed by atoms with Crippen molar-refractivity contribution in [2.75, 3.05) is 0 Å². The van der Waals surface area contributed by atoms with E-state index in [-0.39, 0.29) is 11.5 Å². The van der Waals surface area contributed by atoms with Crippen LogP contribution in [0.4, 0.5) is 0 Å². The number of nitriles is 1. The molecule has 29 heavy (non-hydrogen) atoms. The number of carbonyl (C=O) groups is 2. The molecule has 4 nitrogen and oxygen atoms in total. The third kappa shape index (κ3) is 3.82. The number of hydrogen-bond donors (Lipinski definition) is 0. The van der Waals surface area contributed by atoms with Gasteiger partial charge in [-0.05, 0) is 52.6 Å². The second-order valence-electron chi connectivity index (χ2n) is 6.59. The lowest BCUT2D eigenvalue weighted by Crippen LogP contribution is -2.12. The van der Waals surface area contributed by atoms with Crippen molar-refractivity contribution in [3.05, 3.63) is 100 Å². The van der Waals surface area contributed by atoms with E-state index in [0.717, 1.165) is 16.7 Å². The Morgan fingerprint density at radius 2 is 1.45 bits per heavy atom. The molecule has 140 valence electrons. The Morgan fingerprint density at radius 1 is 0.862 bits per heavy atom. The highest BCUT2D eigenvalue weighted by molar-refractivity contribution is 6.30. The van der Waals surface area contributed by atoms with Gasteiger partial charge < -0.3 is 4.74 Å². The zero-order valence-corrected chi connectivity index (χ0v) is 15.9. The van der Waals surface area contributed by atoms with Gasteiger partial charge in [-0.3, -0.25) is 9.59 Å². The summed E-state index contributed by atoms with van der Waals surface area (Å²) < 4.78 is 5.22. The molecule has 0 aliphatic carbocycles. The average Bonchev–Trinajstić information content (AvgIpc) is 3.02. The Bertz CT molecular complexity index is 1150. The largest absolute Gasteiger partial charge is 0.422 e. The number of rotatable bonds is 3. The highest BCUT2D eigenvalue weighted by Gasteiger charge is 2.40. The lowest BCUT2D eigenvalue weighted by atomic mass is 9.95. The number of hydrogen-bond acceptors (Lipinski definition) is 4. The first-order chi connectivity index (χ1) is 14.0. The van der Waals surface area contributed by atoms with Crippen LogP contribution >= 0.6 is 11.6 Å². The van der Waals surface area contributed by atoms with Gasteiger partial charge in [-0.25, -0.2) is 0 Å². The molecule has 4 rings (SSSR count). The van der Waals surface area contributed by atoms with Gasteiger partial charge in [-0.1, -0.05) is 60.1 Å². The van der Waals surface area contributed by atoms with E-state index >= 15 is 0 Å². The van der Waals surface area contributed by atoms with Crippen molar-refractivity contribution in [2.45, 2.75) is 5.92 Å². The average molecular weight is 400 g/mol. The maximum Gasteiger partial charge on any atom is 0.327 e. The molecule has 0 amide bonds. The van der Waals surface area contributed by atoms with E-state index < -0.39 is 11.9 Å². The fourth-order valence-corrected chi connectivity index (χ4v) is 3.30. The Morgan fingerprint density at radius 3 is 2.03 bits per heavy atom. The molecule has 1 unspecified atom stereocenters. The molecule has 1 atom stereocenters. The number of ketones is 1. The van der Waals surface area contributed by atoms with Gasteiger partial charge in [0.2, 0.25) is 5.78 Å². The molecule has 3 aromatic rings. The highest BCUT2D eigenvalue weighted by atomic mass is 35.5. The van der Waals surface area contributed by atoms with Crippen LogP contribution in [-0.4, -0.2) is 11.8 Å². The maximum absolute atomic E-state index is 12.7. The summed E-state index contributed by atoms with van der Waals surface area (Å²) in [7, 11) is 0. The summed E-state index contributed by atoms with van der Waals surface area (Å²) in [5.41, 5.74) is 3.87. The standard InChI is InChI=1S/C24H14ClNO3/c25-20-11-9-19(10-12-20)22-23(27)21(29-24(22)28)13-15-1-5-17(6-2-15)18-7-3-16(14-26)4-8-18/h1-13,22H/b21-13-. The molecule has 1 aliphatic rings. The number of Topliss-reactive ketones (excluding diaryl/α,β-unsaturated/α-hetero) is 1. The number of carbonyl (C=O) groups excluding carboxylic acids is 2. The minimum absolute atomic E-state index is 0.0288. The van der Waals surface area contributed by atoms with Gasteiger partial charge in [0.25, 0.3) is 0 Å². The summed E-state index contributed by atoms with van der Waals surface area (Å²) in [6.07, 6.45) is 1.57. The van der Waals surface area contributed by atoms with Gasteiger partial charge in [-0.15, -0.1) is 0 Å². The monoisotopic (exact) mass is 399 g/mol. The number of esters is 1. The summed E-state index contributed by atoms with van der Waals surface area (Å²) in [4.78, 5) is 24.9. The SMILES string of the molecule is N#Cc1ccc(-c2ccc(/C=C3\OC(=O)C(c4ccc(Cl)cc4)C3=O)cc2)cc1. The highest BCUT2D eigenvalue weighted by Crippen LogP contribution is 2.32. The van der Waals surface area contributed by atoms with Crippen molar-refractivity contribution in [1.29, 1.82) is 5.26 Å². The third-order valence-corrected chi connectivity index (χ3v) is 4.96. The zero-order valence-electron chi connectivity index (χ0n) is 15.1. The van der Waals surface area contributed by atoms with Gasteiger partial charge in [0.05, 0.1) is 11.6 Å². The topological polar surface area (TPSA) is 67.2 Å². The van der Waals surface area contributed by atoms with Gasteiger partial charge in [0, 0.05) is 5.02 Å². The molecule has 0 N–H and O–H groups in total. The smallest absolute Gasteiger partial charge is 0.327 e. The van der Waals surface area contributed by atoms with Crippen molar-refractivity contribution in [1.82, 2.24) is 0 Å². The predicted molar refractivity (Wildman–Crippen MR) is 110 cm³/mol. The summed E-state index contributed by atoms with van der Waals surface area (Å²) in [6, 6.07) is 23.5. The first kappa shape index (κ1) is 18.7. The third-order valence-electron chi connectivity index (χ3n) is 4.71. The minimum atomic E-state index is -0.962. The van der Waals surface area contributed by atoms with Crippen molar-refractivity contribution in [2.24, 2.45) is 0 Å². The Kier molecular flexibility index (Phi) is 4.99. The van der Waals surface area contributed by atoms with Crippen LogP contribution in [0.15, 0.2) is 78.6 Å². The number of allylic oxidation sites excluding steroid dienone is 1. The van der Waals surface area contributed by atoms with Gasteiger partial charge in [0.15, 0.2) is 5.76 Å². The number of cyclic esters (lactones) is 1. The van der Waals surface area contributed by atoms with Crippen LogP contribution in [0.1, 0.15) is 22.6 Å². The van der Waals surface area contributed by atoms with E-state index in [0.29, 0.717) is 16.1 Å². The lowest BCUT2D eigenvalue weighted by molar-refractivity contribution is -0.136. The predicted octanol–water partition coefficient (Wildman–Crippen LogP) is 5.13.